The van der Waals surface area contributed by atoms with Crippen LogP contribution in [0.4, 0.5) is 0 Å². The molecule has 73 heavy (non-hydrogen) atoms. The van der Waals surface area contributed by atoms with Crippen LogP contribution in [0.3, 0.4) is 0 Å². The van der Waals surface area contributed by atoms with Gasteiger partial charge in [-0.3, -0.25) is 4.79 Å². The van der Waals surface area contributed by atoms with Gasteiger partial charge < -0.3 is 109 Å². The van der Waals surface area contributed by atoms with Crippen LogP contribution in [0.5, 0.6) is 0 Å². The molecule has 23 heteroatoms. The third-order valence-electron chi connectivity index (χ3n) is 19.9. The Kier molecular flexibility index (Phi) is 15.9. The van der Waals surface area contributed by atoms with Crippen molar-refractivity contribution in [3.63, 3.8) is 0 Å². The molecule has 0 bridgehead atoms. The van der Waals surface area contributed by atoms with Crippen molar-refractivity contribution in [3.8, 4) is 0 Å². The zero-order chi connectivity index (χ0) is 52.2. The molecule has 4 aliphatic carbocycles. The maximum atomic E-state index is 14.6. The first-order valence-corrected chi connectivity index (χ1v) is 26.7. The molecule has 23 nitrogen and oxygen atoms in total. The summed E-state index contributed by atoms with van der Waals surface area (Å²) >= 11 is 0. The summed E-state index contributed by atoms with van der Waals surface area (Å²) in [7, 11) is 0. The van der Waals surface area contributed by atoms with Crippen molar-refractivity contribution < 1.29 is 113 Å². The average Bonchev–Trinajstić information content (AvgIpc) is 3.83. The van der Waals surface area contributed by atoms with Crippen LogP contribution >= 0.6 is 0 Å². The topological polar surface area (TPSA) is 352 Å². The van der Waals surface area contributed by atoms with Crippen molar-refractivity contribution in [1.29, 1.82) is 0 Å². The van der Waals surface area contributed by atoms with Crippen LogP contribution in [0.25, 0.3) is 0 Å². The van der Waals surface area contributed by atoms with E-state index >= 15 is 0 Å². The maximum absolute atomic E-state index is 14.6. The fourth-order valence-corrected chi connectivity index (χ4v) is 15.6. The number of carbonyl (C=O) groups excluding carboxylic acids is 1. The molecular formula is C50H80O23. The summed E-state index contributed by atoms with van der Waals surface area (Å²) in [5, 5.41) is 129. The standard InChI is InChI=1S/C50H80O23/c1-19-7-10-50(65-17-19)20(2)32-27(73-50)12-25-23-6-5-21-11-22(8-9-48(21,3)24(23)13-31(55)49(25,32)4)66-45-39(62)36(59)41(29(15-52)68-45)70-46-40(63)37(60)42(30(16-53)69-46)71-47-43(35(58)34(57)28(14-51)67-47)72-44-38(61)33(56)26(54)18-64-44/h19-30,32-47,51-54,56-63H,5-18H2,1-4H3/t19-,20+,21+,22+,23-,24+,25+,26-,27+,28-,29-,30-,32+,33+,34-,35+,36-,37-,38-,39-,40-,41+,42-,43-,44+,45-,46+,47+,48+,49-,50-/m1/s1. The Bertz CT molecular complexity index is 1910. The molecule has 4 saturated carbocycles. The number of aliphatic hydroxyl groups excluding tert-OH is 12. The number of ether oxygens (including phenoxy) is 10. The lowest BCUT2D eigenvalue weighted by Gasteiger charge is -2.60. The summed E-state index contributed by atoms with van der Waals surface area (Å²) in [4.78, 5) is 14.6. The van der Waals surface area contributed by atoms with E-state index in [-0.39, 0.29) is 47.2 Å². The second-order valence-corrected chi connectivity index (χ2v) is 23.7. The molecule has 0 aromatic carbocycles. The van der Waals surface area contributed by atoms with Crippen molar-refractivity contribution >= 4 is 5.78 Å². The monoisotopic (exact) mass is 1050 g/mol. The third kappa shape index (κ3) is 9.30. The van der Waals surface area contributed by atoms with Crippen LogP contribution < -0.4 is 0 Å². The minimum atomic E-state index is -2.02. The summed E-state index contributed by atoms with van der Waals surface area (Å²) < 4.78 is 60.1. The van der Waals surface area contributed by atoms with E-state index in [9.17, 15) is 66.1 Å². The van der Waals surface area contributed by atoms with Gasteiger partial charge in [0.2, 0.25) is 0 Å². The lowest BCUT2D eigenvalue weighted by molar-refractivity contribution is -0.393. The Morgan fingerprint density at radius 2 is 1.18 bits per heavy atom. The number of ketones is 1. The van der Waals surface area contributed by atoms with E-state index in [0.717, 1.165) is 38.5 Å². The summed E-state index contributed by atoms with van der Waals surface area (Å²) in [5.41, 5.74) is -0.588. The predicted octanol–water partition coefficient (Wildman–Crippen LogP) is -3.09. The molecule has 6 saturated heterocycles. The molecule has 1 spiro atoms. The van der Waals surface area contributed by atoms with Gasteiger partial charge in [-0.15, -0.1) is 0 Å². The molecule has 31 atom stereocenters. The van der Waals surface area contributed by atoms with E-state index in [1.165, 1.54) is 0 Å². The van der Waals surface area contributed by atoms with Crippen LogP contribution in [-0.4, -0.2) is 235 Å². The predicted molar refractivity (Wildman–Crippen MR) is 243 cm³/mol. The largest absolute Gasteiger partial charge is 0.394 e. The molecule has 10 rings (SSSR count). The molecule has 418 valence electrons. The van der Waals surface area contributed by atoms with E-state index in [1.807, 2.05) is 0 Å². The minimum Gasteiger partial charge on any atom is -0.394 e. The van der Waals surface area contributed by atoms with Crippen LogP contribution in [0.1, 0.15) is 85.5 Å². The van der Waals surface area contributed by atoms with Gasteiger partial charge in [-0.05, 0) is 80.0 Å². The average molecular weight is 1050 g/mol. The summed E-state index contributed by atoms with van der Waals surface area (Å²) in [6, 6.07) is 0. The fourth-order valence-electron chi connectivity index (χ4n) is 15.6. The number of Topliss-reactive ketones (excluding diaryl/α,β-unsaturated/α-hetero) is 1. The summed E-state index contributed by atoms with van der Waals surface area (Å²) in [6.07, 6.45) is -25.6. The lowest BCUT2D eigenvalue weighted by Crippen LogP contribution is -2.67. The first kappa shape index (κ1) is 55.1. The number of fused-ring (bicyclic) bond motifs is 7. The van der Waals surface area contributed by atoms with Crippen LogP contribution in [-0.2, 0) is 52.2 Å². The van der Waals surface area contributed by atoms with Crippen molar-refractivity contribution in [2.45, 2.75) is 220 Å². The molecule has 10 aliphatic rings. The molecule has 6 aliphatic heterocycles. The summed E-state index contributed by atoms with van der Waals surface area (Å²) in [6.45, 7) is 6.70. The Labute approximate surface area is 423 Å². The highest BCUT2D eigenvalue weighted by molar-refractivity contribution is 5.87. The van der Waals surface area contributed by atoms with Crippen LogP contribution in [0, 0.1) is 52.3 Å². The first-order valence-electron chi connectivity index (χ1n) is 26.7. The Balaban J connectivity index is 0.756. The molecule has 0 aromatic heterocycles. The molecule has 0 radical (unpaired) electrons. The molecule has 0 amide bonds. The lowest BCUT2D eigenvalue weighted by atomic mass is 9.44. The van der Waals surface area contributed by atoms with Gasteiger partial charge in [-0.25, -0.2) is 0 Å². The van der Waals surface area contributed by atoms with Gasteiger partial charge in [0.1, 0.15) is 97.3 Å². The normalized spacial score (nSPS) is 57.2. The van der Waals surface area contributed by atoms with Crippen molar-refractivity contribution in [3.05, 3.63) is 0 Å². The van der Waals surface area contributed by atoms with Gasteiger partial charge >= 0.3 is 0 Å². The molecular weight excluding hydrogens is 969 g/mol. The first-order chi connectivity index (χ1) is 34.7. The van der Waals surface area contributed by atoms with Crippen molar-refractivity contribution in [2.75, 3.05) is 33.0 Å². The second-order valence-electron chi connectivity index (χ2n) is 23.7. The van der Waals surface area contributed by atoms with E-state index in [1.54, 1.807) is 0 Å². The highest BCUT2D eigenvalue weighted by Gasteiger charge is 2.72. The molecule has 6 heterocycles. The molecule has 10 fully saturated rings. The number of carbonyl (C=O) groups is 1. The quantitative estimate of drug-likeness (QED) is 0.0913. The van der Waals surface area contributed by atoms with Gasteiger partial charge in [-0.1, -0.05) is 27.7 Å². The van der Waals surface area contributed by atoms with Crippen molar-refractivity contribution in [1.82, 2.24) is 0 Å². The number of aliphatic hydroxyl groups is 12. The number of hydrogen-bond acceptors (Lipinski definition) is 23. The Hall–Kier alpha value is -1.21. The van der Waals surface area contributed by atoms with Crippen LogP contribution in [0.2, 0.25) is 0 Å². The molecule has 0 unspecified atom stereocenters. The van der Waals surface area contributed by atoms with Gasteiger partial charge in [0.15, 0.2) is 30.9 Å². The Morgan fingerprint density at radius 3 is 1.81 bits per heavy atom. The fraction of sp³-hybridized carbons (Fsp3) is 0.980. The van der Waals surface area contributed by atoms with E-state index in [4.69, 9.17) is 47.4 Å². The van der Waals surface area contributed by atoms with Gasteiger partial charge in [0.05, 0.1) is 45.2 Å². The van der Waals surface area contributed by atoms with E-state index in [0.29, 0.717) is 43.5 Å². The molecule has 0 aromatic rings. The highest BCUT2D eigenvalue weighted by atomic mass is 16.8. The SMILES string of the molecule is C[C@@H]1CC[C@@]2(OC1)O[C@H]1C[C@H]3[C@@H]4CC[C@H]5C[C@@H](O[C@@H]6O[C@H](CO)[C@H](O[C@@H]7O[C@H](CO)[C@@H](O[C@@H]8O[C@H](CO)[C@@H](O)[C@H](O)[C@H]8O[C@@H]8OC[C@@H](O)[C@H](O)[C@H]8O)[C@H](O)[C@H]7O)[C@H](O)[C@H]6O)CC[C@]5(C)[C@H]4CC(=O)[C@]3(C)[C@H]1[C@@H]2C. The van der Waals surface area contributed by atoms with Gasteiger partial charge in [0, 0.05) is 30.1 Å². The van der Waals surface area contributed by atoms with Crippen LogP contribution in [0.15, 0.2) is 0 Å². The number of hydrogen-bond donors (Lipinski definition) is 12. The maximum Gasteiger partial charge on any atom is 0.187 e. The van der Waals surface area contributed by atoms with Gasteiger partial charge in [0.25, 0.3) is 0 Å². The highest BCUT2D eigenvalue weighted by Crippen LogP contribution is 2.70. The second kappa shape index (κ2) is 21.1. The number of rotatable bonds is 11. The van der Waals surface area contributed by atoms with Crippen molar-refractivity contribution in [2.24, 2.45) is 52.3 Å². The zero-order valence-corrected chi connectivity index (χ0v) is 41.9. The van der Waals surface area contributed by atoms with E-state index < -0.39 is 154 Å². The third-order valence-corrected chi connectivity index (χ3v) is 19.9. The molecule has 12 N–H and O–H groups in total. The summed E-state index contributed by atoms with van der Waals surface area (Å²) in [5.74, 6) is 1.53. The minimum absolute atomic E-state index is 0.000453. The smallest absolute Gasteiger partial charge is 0.187 e. The zero-order valence-electron chi connectivity index (χ0n) is 41.9. The Morgan fingerprint density at radius 1 is 0.589 bits per heavy atom. The van der Waals surface area contributed by atoms with E-state index in [2.05, 4.69) is 27.7 Å². The van der Waals surface area contributed by atoms with Gasteiger partial charge in [-0.2, -0.15) is 0 Å².